The van der Waals surface area contributed by atoms with E-state index >= 15 is 0 Å². The van der Waals surface area contributed by atoms with Crippen molar-refractivity contribution in [2.75, 3.05) is 6.29 Å². The highest BCUT2D eigenvalue weighted by Gasteiger charge is 2.16. The van der Waals surface area contributed by atoms with E-state index in [0.717, 1.165) is 0 Å². The van der Waals surface area contributed by atoms with Crippen molar-refractivity contribution in [2.24, 2.45) is 5.73 Å². The Morgan fingerprint density at radius 1 is 1.40 bits per heavy atom. The number of aliphatic carboxylic acids is 1. The van der Waals surface area contributed by atoms with Crippen LogP contribution in [0.25, 0.3) is 0 Å². The van der Waals surface area contributed by atoms with Crippen molar-refractivity contribution < 1.29 is 29.0 Å². The average Bonchev–Trinajstić information content (AvgIpc) is 2.09. The second-order valence-corrected chi connectivity index (χ2v) is 4.55. The number of carboxylic acids is 1. The summed E-state index contributed by atoms with van der Waals surface area (Å²) in [5, 5.41) is 10.3. The zero-order chi connectivity index (χ0) is 12.1. The Hall–Kier alpha value is -0.950. The molecule has 0 aromatic heterocycles. The Morgan fingerprint density at radius 3 is 2.33 bits per heavy atom. The molecular formula is C6H13N2O6P. The molecule has 8 nitrogen and oxygen atoms in total. The van der Waals surface area contributed by atoms with Crippen molar-refractivity contribution in [1.29, 1.82) is 0 Å². The summed E-state index contributed by atoms with van der Waals surface area (Å²) in [6.45, 7) is 0. The van der Waals surface area contributed by atoms with E-state index in [9.17, 15) is 14.2 Å². The van der Waals surface area contributed by atoms with Gasteiger partial charge in [0.25, 0.3) is 0 Å². The van der Waals surface area contributed by atoms with E-state index < -0.39 is 31.8 Å². The first-order valence-electron chi connectivity index (χ1n) is 4.02. The molecule has 0 aliphatic carbocycles. The highest BCUT2D eigenvalue weighted by molar-refractivity contribution is 7.51. The van der Waals surface area contributed by atoms with Crippen LogP contribution in [0.15, 0.2) is 0 Å². The molecule has 0 rings (SSSR count). The molecule has 0 aliphatic rings. The summed E-state index contributed by atoms with van der Waals surface area (Å²) in [6, 6.07) is -1.15. The van der Waals surface area contributed by atoms with Crippen LogP contribution in [0, 0.1) is 0 Å². The summed E-state index contributed by atoms with van der Waals surface area (Å²) in [5.41, 5.74) is 5.11. The van der Waals surface area contributed by atoms with Crippen molar-refractivity contribution in [1.82, 2.24) is 5.32 Å². The Labute approximate surface area is 85.6 Å². The Bertz CT molecular complexity index is 287. The van der Waals surface area contributed by atoms with Gasteiger partial charge in [-0.05, 0) is 6.42 Å². The fourth-order valence-electron chi connectivity index (χ4n) is 0.690. The largest absolute Gasteiger partial charge is 0.480 e. The van der Waals surface area contributed by atoms with E-state index in [1.807, 2.05) is 5.32 Å². The number of amides is 1. The molecule has 9 heteroatoms. The van der Waals surface area contributed by atoms with Crippen LogP contribution in [0.4, 0.5) is 0 Å². The average molecular weight is 240 g/mol. The van der Waals surface area contributed by atoms with Crippen LogP contribution in [0.2, 0.25) is 0 Å². The maximum absolute atomic E-state index is 10.9. The smallest absolute Gasteiger partial charge is 0.344 e. The van der Waals surface area contributed by atoms with Crippen LogP contribution in [-0.2, 0) is 14.2 Å². The zero-order valence-corrected chi connectivity index (χ0v) is 8.68. The number of nitrogens with one attached hydrogen (secondary N) is 1. The molecule has 15 heavy (non-hydrogen) atoms. The van der Waals surface area contributed by atoms with Crippen molar-refractivity contribution in [3.05, 3.63) is 0 Å². The molecular weight excluding hydrogens is 227 g/mol. The lowest BCUT2D eigenvalue weighted by molar-refractivity contribution is -0.138. The van der Waals surface area contributed by atoms with Crippen molar-refractivity contribution in [3.63, 3.8) is 0 Å². The van der Waals surface area contributed by atoms with Gasteiger partial charge in [0, 0.05) is 6.42 Å². The third-order valence-corrected chi connectivity index (χ3v) is 2.05. The van der Waals surface area contributed by atoms with Crippen LogP contribution < -0.4 is 11.1 Å². The second-order valence-electron chi connectivity index (χ2n) is 2.91. The van der Waals surface area contributed by atoms with Gasteiger partial charge in [0.15, 0.2) is 0 Å². The molecule has 6 N–H and O–H groups in total. The molecule has 0 fully saturated rings. The predicted molar refractivity (Wildman–Crippen MR) is 49.9 cm³/mol. The molecule has 0 saturated heterocycles. The van der Waals surface area contributed by atoms with E-state index in [2.05, 4.69) is 0 Å². The van der Waals surface area contributed by atoms with Gasteiger partial charge in [-0.3, -0.25) is 14.2 Å². The van der Waals surface area contributed by atoms with Crippen LogP contribution >= 0.6 is 7.60 Å². The van der Waals surface area contributed by atoms with Crippen molar-refractivity contribution in [2.45, 2.75) is 18.9 Å². The van der Waals surface area contributed by atoms with E-state index in [4.69, 9.17) is 20.6 Å². The molecule has 0 bridgehead atoms. The van der Waals surface area contributed by atoms with Crippen LogP contribution in [-0.4, -0.2) is 39.1 Å². The van der Waals surface area contributed by atoms with Gasteiger partial charge in [0.2, 0.25) is 5.91 Å². The van der Waals surface area contributed by atoms with Crippen LogP contribution in [0.1, 0.15) is 12.8 Å². The topological polar surface area (TPSA) is 150 Å². The third-order valence-electron chi connectivity index (χ3n) is 1.48. The fourth-order valence-corrected chi connectivity index (χ4v) is 1.07. The fraction of sp³-hybridized carbons (Fsp3) is 0.667. The summed E-state index contributed by atoms with van der Waals surface area (Å²) < 4.78 is 10.3. The van der Waals surface area contributed by atoms with E-state index in [1.54, 1.807) is 0 Å². The molecule has 0 spiro atoms. The number of rotatable bonds is 6. The number of nitrogens with two attached hydrogens (primary N) is 1. The lowest BCUT2D eigenvalue weighted by Gasteiger charge is -2.08. The minimum Gasteiger partial charge on any atom is -0.480 e. The monoisotopic (exact) mass is 240 g/mol. The summed E-state index contributed by atoms with van der Waals surface area (Å²) in [4.78, 5) is 38.0. The van der Waals surface area contributed by atoms with Crippen LogP contribution in [0.5, 0.6) is 0 Å². The summed E-state index contributed by atoms with van der Waals surface area (Å²) in [7, 11) is -4.27. The van der Waals surface area contributed by atoms with Gasteiger partial charge in [0.1, 0.15) is 12.3 Å². The SMILES string of the molecule is N[C@@H](CCC(=O)NCP(=O)(O)O)C(=O)O. The summed E-state index contributed by atoms with van der Waals surface area (Å²) >= 11 is 0. The van der Waals surface area contributed by atoms with Gasteiger partial charge in [-0.15, -0.1) is 0 Å². The Balaban J connectivity index is 3.77. The Kier molecular flexibility index (Phi) is 5.45. The molecule has 0 heterocycles. The molecule has 0 saturated carbocycles. The summed E-state index contributed by atoms with van der Waals surface area (Å²) in [6.07, 6.45) is -1.02. The maximum Gasteiger partial charge on any atom is 0.344 e. The quantitative estimate of drug-likeness (QED) is 0.352. The molecule has 1 atom stereocenters. The molecule has 0 unspecified atom stereocenters. The number of hydrogen-bond donors (Lipinski definition) is 5. The minimum absolute atomic E-state index is 0.0810. The van der Waals surface area contributed by atoms with Gasteiger partial charge in [-0.25, -0.2) is 0 Å². The number of carbonyl (C=O) groups is 2. The van der Waals surface area contributed by atoms with Crippen molar-refractivity contribution in [3.8, 4) is 0 Å². The maximum atomic E-state index is 10.9. The van der Waals surface area contributed by atoms with Gasteiger partial charge < -0.3 is 25.9 Å². The normalized spacial score (nSPS) is 13.3. The lowest BCUT2D eigenvalue weighted by atomic mass is 10.1. The molecule has 88 valence electrons. The van der Waals surface area contributed by atoms with Crippen LogP contribution in [0.3, 0.4) is 0 Å². The number of carbonyl (C=O) groups excluding carboxylic acids is 1. The highest BCUT2D eigenvalue weighted by Crippen LogP contribution is 2.31. The van der Waals surface area contributed by atoms with Gasteiger partial charge >= 0.3 is 13.6 Å². The van der Waals surface area contributed by atoms with E-state index in [-0.39, 0.29) is 12.8 Å². The number of hydrogen-bond acceptors (Lipinski definition) is 4. The predicted octanol–water partition coefficient (Wildman–Crippen LogP) is -1.57. The zero-order valence-electron chi connectivity index (χ0n) is 7.79. The Morgan fingerprint density at radius 2 is 1.93 bits per heavy atom. The molecule has 1 amide bonds. The lowest BCUT2D eigenvalue weighted by Crippen LogP contribution is -2.32. The number of carboxylic acid groups (broad SMARTS) is 1. The standard InChI is InChI=1S/C6H13N2O6P/c7-4(6(10)11)1-2-5(9)8-3-15(12,13)14/h4H,1-3,7H2,(H,8,9)(H,10,11)(H2,12,13,14)/t4-/m0/s1. The van der Waals surface area contributed by atoms with Crippen molar-refractivity contribution >= 4 is 19.5 Å². The molecule has 0 aromatic rings. The molecule has 0 radical (unpaired) electrons. The first-order valence-corrected chi connectivity index (χ1v) is 5.82. The summed E-state index contributed by atoms with van der Waals surface area (Å²) in [5.74, 6) is -1.87. The van der Waals surface area contributed by atoms with E-state index in [0.29, 0.717) is 0 Å². The molecule has 0 aliphatic heterocycles. The third kappa shape index (κ3) is 8.07. The van der Waals surface area contributed by atoms with Gasteiger partial charge in [-0.1, -0.05) is 0 Å². The van der Waals surface area contributed by atoms with Gasteiger partial charge in [0.05, 0.1) is 0 Å². The first-order chi connectivity index (χ1) is 6.72. The van der Waals surface area contributed by atoms with E-state index in [1.165, 1.54) is 0 Å². The highest BCUT2D eigenvalue weighted by atomic mass is 31.2. The first kappa shape index (κ1) is 14.1. The second kappa shape index (κ2) is 5.82. The van der Waals surface area contributed by atoms with Gasteiger partial charge in [-0.2, -0.15) is 0 Å². The molecule has 0 aromatic carbocycles. The minimum atomic E-state index is -4.27.